The molecule has 0 aliphatic heterocycles. The fourth-order valence-electron chi connectivity index (χ4n) is 2.72. The molecule has 1 aliphatic rings. The third-order valence-electron chi connectivity index (χ3n) is 4.02. The van der Waals surface area contributed by atoms with Gasteiger partial charge in [0.15, 0.2) is 0 Å². The van der Waals surface area contributed by atoms with Crippen LogP contribution < -0.4 is 5.32 Å². The second kappa shape index (κ2) is 5.16. The highest BCUT2D eigenvalue weighted by Gasteiger charge is 2.65. The zero-order valence-corrected chi connectivity index (χ0v) is 11.7. The van der Waals surface area contributed by atoms with Crippen molar-refractivity contribution in [2.75, 3.05) is 0 Å². The minimum atomic E-state index is -0.995. The number of nitro groups is 1. The first-order chi connectivity index (χ1) is 9.76. The first kappa shape index (κ1) is 15.0. The van der Waals surface area contributed by atoms with E-state index >= 15 is 0 Å². The Morgan fingerprint density at radius 3 is 2.48 bits per heavy atom. The van der Waals surface area contributed by atoms with E-state index in [2.05, 4.69) is 5.32 Å². The average molecular weight is 292 g/mol. The number of nitro benzene ring substituents is 1. The van der Waals surface area contributed by atoms with Gasteiger partial charge in [0, 0.05) is 18.2 Å². The Hall–Kier alpha value is -2.44. The Bertz CT molecular complexity index is 611. The summed E-state index contributed by atoms with van der Waals surface area (Å²) in [5.74, 6) is -2.68. The molecule has 1 aromatic rings. The zero-order chi connectivity index (χ0) is 15.8. The van der Waals surface area contributed by atoms with Crippen LogP contribution in [0.1, 0.15) is 19.4 Å². The van der Waals surface area contributed by atoms with Crippen molar-refractivity contribution in [3.63, 3.8) is 0 Å². The molecule has 7 heteroatoms. The number of carbonyl (C=O) groups excluding carboxylic acids is 1. The van der Waals surface area contributed by atoms with E-state index in [0.29, 0.717) is 5.56 Å². The molecular formula is C14H16N2O5. The van der Waals surface area contributed by atoms with Crippen LogP contribution in [0.4, 0.5) is 5.69 Å². The second-order valence-corrected chi connectivity index (χ2v) is 5.72. The lowest BCUT2D eigenvalue weighted by Crippen LogP contribution is -2.27. The van der Waals surface area contributed by atoms with Gasteiger partial charge in [0.05, 0.1) is 16.8 Å². The van der Waals surface area contributed by atoms with E-state index in [1.54, 1.807) is 32.0 Å². The summed E-state index contributed by atoms with van der Waals surface area (Å²) in [6.07, 6.45) is 0. The van der Waals surface area contributed by atoms with Crippen molar-refractivity contribution < 1.29 is 19.6 Å². The molecule has 1 amide bonds. The lowest BCUT2D eigenvalue weighted by molar-refractivity contribution is -0.385. The van der Waals surface area contributed by atoms with Crippen molar-refractivity contribution in [2.45, 2.75) is 20.4 Å². The summed E-state index contributed by atoms with van der Waals surface area (Å²) in [6.45, 7) is 3.46. The smallest absolute Gasteiger partial charge is 0.307 e. The van der Waals surface area contributed by atoms with Crippen LogP contribution in [-0.4, -0.2) is 21.9 Å². The van der Waals surface area contributed by atoms with Gasteiger partial charge in [0.2, 0.25) is 5.91 Å². The Kier molecular flexibility index (Phi) is 3.67. The quantitative estimate of drug-likeness (QED) is 0.632. The number of carbonyl (C=O) groups is 2. The fraction of sp³-hybridized carbons (Fsp3) is 0.429. The number of nitrogens with one attached hydrogen (secondary N) is 1. The van der Waals surface area contributed by atoms with E-state index in [-0.39, 0.29) is 18.1 Å². The molecule has 2 atom stereocenters. The maximum Gasteiger partial charge on any atom is 0.307 e. The topological polar surface area (TPSA) is 110 Å². The van der Waals surface area contributed by atoms with Gasteiger partial charge in [0.25, 0.3) is 5.69 Å². The van der Waals surface area contributed by atoms with Gasteiger partial charge < -0.3 is 10.4 Å². The van der Waals surface area contributed by atoms with Crippen LogP contribution in [0.3, 0.4) is 0 Å². The van der Waals surface area contributed by atoms with Crippen LogP contribution in [0.2, 0.25) is 0 Å². The Morgan fingerprint density at radius 1 is 1.33 bits per heavy atom. The van der Waals surface area contributed by atoms with E-state index in [1.807, 2.05) is 0 Å². The maximum atomic E-state index is 12.0. The minimum Gasteiger partial charge on any atom is -0.481 e. The van der Waals surface area contributed by atoms with E-state index in [4.69, 9.17) is 5.11 Å². The molecule has 1 fully saturated rings. The van der Waals surface area contributed by atoms with E-state index < -0.39 is 28.1 Å². The molecule has 0 radical (unpaired) electrons. The van der Waals surface area contributed by atoms with Crippen molar-refractivity contribution in [3.8, 4) is 0 Å². The van der Waals surface area contributed by atoms with Crippen molar-refractivity contribution in [2.24, 2.45) is 17.3 Å². The second-order valence-electron chi connectivity index (χ2n) is 5.72. The number of hydrogen-bond acceptors (Lipinski definition) is 4. The number of carboxylic acid groups (broad SMARTS) is 1. The Balaban J connectivity index is 2.03. The monoisotopic (exact) mass is 292 g/mol. The summed E-state index contributed by atoms with van der Waals surface area (Å²) >= 11 is 0. The number of rotatable bonds is 5. The number of nitrogens with zero attached hydrogens (tertiary/aromatic N) is 1. The summed E-state index contributed by atoms with van der Waals surface area (Å²) in [5.41, 5.74) is -0.262. The Labute approximate surface area is 121 Å². The van der Waals surface area contributed by atoms with E-state index in [0.717, 1.165) is 0 Å². The molecule has 2 N–H and O–H groups in total. The van der Waals surface area contributed by atoms with Gasteiger partial charge in [0.1, 0.15) is 0 Å². The summed E-state index contributed by atoms with van der Waals surface area (Å²) in [4.78, 5) is 33.4. The molecule has 0 heterocycles. The van der Waals surface area contributed by atoms with Crippen LogP contribution in [0, 0.1) is 27.4 Å². The summed E-state index contributed by atoms with van der Waals surface area (Å²) in [6, 6.07) is 6.12. The third-order valence-corrected chi connectivity index (χ3v) is 4.02. The molecule has 2 unspecified atom stereocenters. The third kappa shape index (κ3) is 2.72. The fourth-order valence-corrected chi connectivity index (χ4v) is 2.72. The number of benzene rings is 1. The van der Waals surface area contributed by atoms with Crippen LogP contribution >= 0.6 is 0 Å². The largest absolute Gasteiger partial charge is 0.481 e. The standard InChI is InChI=1S/C14H16N2O5/c1-14(2)10(11(14)13(18)19)12(17)15-7-8-5-3-4-6-9(8)16(20)21/h3-6,10-11H,7H2,1-2H3,(H,15,17)(H,18,19). The lowest BCUT2D eigenvalue weighted by atomic mass is 10.1. The molecule has 1 saturated carbocycles. The molecule has 0 saturated heterocycles. The molecule has 7 nitrogen and oxygen atoms in total. The lowest BCUT2D eigenvalue weighted by Gasteiger charge is -2.06. The first-order valence-electron chi connectivity index (χ1n) is 6.49. The maximum absolute atomic E-state index is 12.0. The molecule has 112 valence electrons. The molecule has 0 bridgehead atoms. The molecule has 0 spiro atoms. The van der Waals surface area contributed by atoms with Gasteiger partial charge in [-0.15, -0.1) is 0 Å². The first-order valence-corrected chi connectivity index (χ1v) is 6.49. The molecule has 1 aliphatic carbocycles. The average Bonchev–Trinajstić information content (AvgIpc) is 2.99. The zero-order valence-electron chi connectivity index (χ0n) is 11.7. The van der Waals surface area contributed by atoms with Crippen LogP contribution in [0.5, 0.6) is 0 Å². The predicted octanol–water partition coefficient (Wildman–Crippen LogP) is 1.57. The number of aliphatic carboxylic acids is 1. The number of para-hydroxylation sites is 1. The van der Waals surface area contributed by atoms with Crippen molar-refractivity contribution >= 4 is 17.6 Å². The Morgan fingerprint density at radius 2 is 1.95 bits per heavy atom. The van der Waals surface area contributed by atoms with Gasteiger partial charge in [-0.1, -0.05) is 32.0 Å². The van der Waals surface area contributed by atoms with Gasteiger partial charge in [-0.25, -0.2) is 0 Å². The highest BCUT2D eigenvalue weighted by molar-refractivity contribution is 5.91. The molecule has 2 rings (SSSR count). The molecule has 0 aromatic heterocycles. The summed E-state index contributed by atoms with van der Waals surface area (Å²) < 4.78 is 0. The highest BCUT2D eigenvalue weighted by atomic mass is 16.6. The van der Waals surface area contributed by atoms with Crippen LogP contribution in [-0.2, 0) is 16.1 Å². The van der Waals surface area contributed by atoms with Crippen molar-refractivity contribution in [1.82, 2.24) is 5.32 Å². The highest BCUT2D eigenvalue weighted by Crippen LogP contribution is 2.58. The molecule has 1 aromatic carbocycles. The summed E-state index contributed by atoms with van der Waals surface area (Å²) in [7, 11) is 0. The van der Waals surface area contributed by atoms with Gasteiger partial charge in [-0.2, -0.15) is 0 Å². The number of hydrogen-bond donors (Lipinski definition) is 2. The van der Waals surface area contributed by atoms with Crippen molar-refractivity contribution in [3.05, 3.63) is 39.9 Å². The van der Waals surface area contributed by atoms with Crippen molar-refractivity contribution in [1.29, 1.82) is 0 Å². The van der Waals surface area contributed by atoms with Gasteiger partial charge in [-0.05, 0) is 5.41 Å². The molecule has 21 heavy (non-hydrogen) atoms. The van der Waals surface area contributed by atoms with Gasteiger partial charge in [-0.3, -0.25) is 19.7 Å². The van der Waals surface area contributed by atoms with E-state index in [9.17, 15) is 19.7 Å². The van der Waals surface area contributed by atoms with Gasteiger partial charge >= 0.3 is 5.97 Å². The van der Waals surface area contributed by atoms with E-state index in [1.165, 1.54) is 6.07 Å². The normalized spacial score (nSPS) is 22.4. The number of carboxylic acids is 1. The predicted molar refractivity (Wildman–Crippen MR) is 73.3 cm³/mol. The number of amides is 1. The molecular weight excluding hydrogens is 276 g/mol. The minimum absolute atomic E-state index is 0.00884. The van der Waals surface area contributed by atoms with Crippen LogP contribution in [0.25, 0.3) is 0 Å². The SMILES string of the molecule is CC1(C)C(C(=O)O)C1C(=O)NCc1ccccc1[N+](=O)[O-]. The summed E-state index contributed by atoms with van der Waals surface area (Å²) in [5, 5.41) is 22.5. The van der Waals surface area contributed by atoms with Crippen LogP contribution in [0.15, 0.2) is 24.3 Å².